The first-order valence-electron chi connectivity index (χ1n) is 8.39. The number of aromatic hydroxyl groups is 1. The van der Waals surface area contributed by atoms with E-state index in [2.05, 4.69) is 11.9 Å². The number of pyridine rings is 1. The molecule has 0 unspecified atom stereocenters. The maximum atomic E-state index is 12.8. The molecule has 3 rings (SSSR count). The number of para-hydroxylation sites is 1. The monoisotopic (exact) mass is 326 g/mol. The second-order valence-electron chi connectivity index (χ2n) is 6.25. The molecule has 5 heteroatoms. The van der Waals surface area contributed by atoms with Crippen LogP contribution in [0.1, 0.15) is 42.5 Å². The summed E-state index contributed by atoms with van der Waals surface area (Å²) in [6, 6.07) is 7.10. The van der Waals surface area contributed by atoms with E-state index in [9.17, 15) is 14.7 Å². The summed E-state index contributed by atoms with van der Waals surface area (Å²) in [4.78, 5) is 25.4. The van der Waals surface area contributed by atoms with Crippen molar-refractivity contribution in [2.75, 3.05) is 0 Å². The van der Waals surface area contributed by atoms with Gasteiger partial charge < -0.3 is 15.0 Å². The summed E-state index contributed by atoms with van der Waals surface area (Å²) in [7, 11) is 0. The number of aromatic nitrogens is 1. The Morgan fingerprint density at radius 1 is 1.29 bits per heavy atom. The number of rotatable bonds is 4. The van der Waals surface area contributed by atoms with Gasteiger partial charge in [-0.05, 0) is 25.0 Å². The lowest BCUT2D eigenvalue weighted by Gasteiger charge is -2.23. The summed E-state index contributed by atoms with van der Waals surface area (Å²) in [5.74, 6) is -0.739. The topological polar surface area (TPSA) is 71.3 Å². The van der Waals surface area contributed by atoms with Gasteiger partial charge in [-0.1, -0.05) is 37.5 Å². The van der Waals surface area contributed by atoms with Gasteiger partial charge in [-0.3, -0.25) is 9.59 Å². The molecule has 1 saturated carbocycles. The highest BCUT2D eigenvalue weighted by Crippen LogP contribution is 2.27. The highest BCUT2D eigenvalue weighted by atomic mass is 16.3. The Morgan fingerprint density at radius 3 is 2.71 bits per heavy atom. The number of hydrogen-bond acceptors (Lipinski definition) is 3. The Labute approximate surface area is 140 Å². The quantitative estimate of drug-likeness (QED) is 0.849. The van der Waals surface area contributed by atoms with Gasteiger partial charge in [0.25, 0.3) is 11.5 Å². The molecule has 1 aliphatic carbocycles. The van der Waals surface area contributed by atoms with Crippen LogP contribution < -0.4 is 10.9 Å². The molecule has 1 aliphatic rings. The molecule has 1 fully saturated rings. The molecule has 126 valence electrons. The molecule has 0 saturated heterocycles. The van der Waals surface area contributed by atoms with E-state index in [-0.39, 0.29) is 23.9 Å². The SMILES string of the molecule is C=CCn1c(=O)c(C(=O)NC2CCCCC2)c(O)c2ccccc21. The Balaban J connectivity index is 2.07. The fourth-order valence-electron chi connectivity index (χ4n) is 3.41. The number of nitrogens with one attached hydrogen (secondary N) is 1. The Kier molecular flexibility index (Phi) is 4.69. The van der Waals surface area contributed by atoms with Gasteiger partial charge in [0.15, 0.2) is 0 Å². The lowest BCUT2D eigenvalue weighted by molar-refractivity contribution is 0.0923. The zero-order valence-electron chi connectivity index (χ0n) is 13.6. The first kappa shape index (κ1) is 16.3. The van der Waals surface area contributed by atoms with E-state index in [1.807, 2.05) is 0 Å². The first-order chi connectivity index (χ1) is 11.6. The number of carbonyl (C=O) groups is 1. The molecule has 1 heterocycles. The normalized spacial score (nSPS) is 15.3. The van der Waals surface area contributed by atoms with Crippen molar-refractivity contribution in [3.63, 3.8) is 0 Å². The predicted octanol–water partition coefficient (Wildman–Crippen LogP) is 2.96. The summed E-state index contributed by atoms with van der Waals surface area (Å²) in [5, 5.41) is 13.9. The van der Waals surface area contributed by atoms with E-state index in [4.69, 9.17) is 0 Å². The van der Waals surface area contributed by atoms with Crippen LogP contribution in [0.4, 0.5) is 0 Å². The van der Waals surface area contributed by atoms with Crippen LogP contribution >= 0.6 is 0 Å². The molecule has 0 radical (unpaired) electrons. The van der Waals surface area contributed by atoms with Gasteiger partial charge in [-0.15, -0.1) is 6.58 Å². The Bertz CT molecular complexity index is 832. The second-order valence-corrected chi connectivity index (χ2v) is 6.25. The van der Waals surface area contributed by atoms with E-state index in [0.717, 1.165) is 25.7 Å². The van der Waals surface area contributed by atoms with Crippen LogP contribution in [0.3, 0.4) is 0 Å². The smallest absolute Gasteiger partial charge is 0.268 e. The standard InChI is InChI=1S/C19H22N2O3/c1-2-12-21-15-11-7-6-10-14(15)17(22)16(19(21)24)18(23)20-13-8-4-3-5-9-13/h2,6-7,10-11,13,22H,1,3-5,8-9,12H2,(H,20,23). The fourth-order valence-corrected chi connectivity index (χ4v) is 3.41. The largest absolute Gasteiger partial charge is 0.506 e. The molecule has 5 nitrogen and oxygen atoms in total. The number of carbonyl (C=O) groups excluding carboxylic acids is 1. The highest BCUT2D eigenvalue weighted by molar-refractivity contribution is 6.02. The van der Waals surface area contributed by atoms with Crippen LogP contribution in [0.2, 0.25) is 0 Å². The third kappa shape index (κ3) is 2.94. The van der Waals surface area contributed by atoms with Gasteiger partial charge in [-0.25, -0.2) is 0 Å². The molecule has 0 spiro atoms. The molecule has 1 amide bonds. The van der Waals surface area contributed by atoms with E-state index < -0.39 is 11.5 Å². The predicted molar refractivity (Wildman–Crippen MR) is 94.4 cm³/mol. The number of fused-ring (bicyclic) bond motifs is 1. The third-order valence-electron chi connectivity index (χ3n) is 4.62. The van der Waals surface area contributed by atoms with E-state index in [1.54, 1.807) is 30.3 Å². The number of hydrogen-bond donors (Lipinski definition) is 2. The Hall–Kier alpha value is -2.56. The maximum Gasteiger partial charge on any atom is 0.268 e. The second kappa shape index (κ2) is 6.91. The van der Waals surface area contributed by atoms with Gasteiger partial charge >= 0.3 is 0 Å². The first-order valence-corrected chi connectivity index (χ1v) is 8.39. The van der Waals surface area contributed by atoms with Crippen LogP contribution in [-0.2, 0) is 6.54 Å². The molecule has 1 aromatic heterocycles. The average molecular weight is 326 g/mol. The van der Waals surface area contributed by atoms with Crippen molar-refractivity contribution in [1.29, 1.82) is 0 Å². The van der Waals surface area contributed by atoms with Gasteiger partial charge in [0, 0.05) is 18.0 Å². The number of benzene rings is 1. The fraction of sp³-hybridized carbons (Fsp3) is 0.368. The summed E-state index contributed by atoms with van der Waals surface area (Å²) >= 11 is 0. The van der Waals surface area contributed by atoms with E-state index in [0.29, 0.717) is 10.9 Å². The molecule has 0 bridgehead atoms. The van der Waals surface area contributed by atoms with Crippen molar-refractivity contribution in [3.05, 3.63) is 52.8 Å². The van der Waals surface area contributed by atoms with Crippen LogP contribution in [0.15, 0.2) is 41.7 Å². The summed E-state index contributed by atoms with van der Waals surface area (Å²) in [5.41, 5.74) is -0.0744. The molecular formula is C19H22N2O3. The van der Waals surface area contributed by atoms with Crippen LogP contribution in [0, 0.1) is 0 Å². The van der Waals surface area contributed by atoms with Gasteiger partial charge in [-0.2, -0.15) is 0 Å². The summed E-state index contributed by atoms with van der Waals surface area (Å²) in [6.07, 6.45) is 6.78. The van der Waals surface area contributed by atoms with Crippen molar-refractivity contribution in [2.24, 2.45) is 0 Å². The number of amides is 1. The van der Waals surface area contributed by atoms with Crippen molar-refractivity contribution in [2.45, 2.75) is 44.7 Å². The highest BCUT2D eigenvalue weighted by Gasteiger charge is 2.24. The summed E-state index contributed by atoms with van der Waals surface area (Å²) < 4.78 is 1.47. The van der Waals surface area contributed by atoms with Crippen molar-refractivity contribution in [1.82, 2.24) is 9.88 Å². The van der Waals surface area contributed by atoms with Crippen molar-refractivity contribution in [3.8, 4) is 5.75 Å². The van der Waals surface area contributed by atoms with Crippen LogP contribution in [-0.4, -0.2) is 21.6 Å². The maximum absolute atomic E-state index is 12.8. The molecule has 0 atom stereocenters. The lowest BCUT2D eigenvalue weighted by Crippen LogP contribution is -2.40. The minimum atomic E-state index is -0.493. The molecule has 1 aromatic carbocycles. The average Bonchev–Trinajstić information content (AvgIpc) is 2.59. The summed E-state index contributed by atoms with van der Waals surface area (Å²) in [6.45, 7) is 3.95. The van der Waals surface area contributed by atoms with Crippen molar-refractivity contribution >= 4 is 16.8 Å². The minimum absolute atomic E-state index is 0.0735. The molecule has 2 aromatic rings. The number of allylic oxidation sites excluding steroid dienone is 1. The van der Waals surface area contributed by atoms with E-state index >= 15 is 0 Å². The molecule has 0 aliphatic heterocycles. The third-order valence-corrected chi connectivity index (χ3v) is 4.62. The minimum Gasteiger partial charge on any atom is -0.506 e. The molecular weight excluding hydrogens is 304 g/mol. The molecule has 24 heavy (non-hydrogen) atoms. The van der Waals surface area contributed by atoms with Gasteiger partial charge in [0.05, 0.1) is 5.52 Å². The molecule has 2 N–H and O–H groups in total. The Morgan fingerprint density at radius 2 is 2.00 bits per heavy atom. The van der Waals surface area contributed by atoms with Gasteiger partial charge in [0.2, 0.25) is 0 Å². The van der Waals surface area contributed by atoms with Crippen LogP contribution in [0.5, 0.6) is 5.75 Å². The van der Waals surface area contributed by atoms with Crippen molar-refractivity contribution < 1.29 is 9.90 Å². The van der Waals surface area contributed by atoms with Crippen LogP contribution in [0.25, 0.3) is 10.9 Å². The van der Waals surface area contributed by atoms with Gasteiger partial charge in [0.1, 0.15) is 11.3 Å². The number of nitrogens with zero attached hydrogens (tertiary/aromatic N) is 1. The zero-order valence-corrected chi connectivity index (χ0v) is 13.6. The van der Waals surface area contributed by atoms with E-state index in [1.165, 1.54) is 11.0 Å². The zero-order chi connectivity index (χ0) is 17.1. The lowest BCUT2D eigenvalue weighted by atomic mass is 9.95.